The number of anilines is 1. The number of thioether (sulfide) groups is 1. The number of hydrogen-bond donors (Lipinski definition) is 2. The van der Waals surface area contributed by atoms with Crippen LogP contribution >= 0.6 is 11.8 Å². The van der Waals surface area contributed by atoms with Gasteiger partial charge < -0.3 is 15.4 Å². The van der Waals surface area contributed by atoms with Crippen LogP contribution in [0.4, 0.5) is 5.69 Å². The van der Waals surface area contributed by atoms with Gasteiger partial charge in [0.05, 0.1) is 6.61 Å². The van der Waals surface area contributed by atoms with Crippen molar-refractivity contribution in [2.45, 2.75) is 18.2 Å². The summed E-state index contributed by atoms with van der Waals surface area (Å²) in [4.78, 5) is 12.1. The zero-order valence-electron chi connectivity index (χ0n) is 11.6. The molecule has 0 unspecified atom stereocenters. The Morgan fingerprint density at radius 1 is 1.26 bits per heavy atom. The third kappa shape index (κ3) is 7.87. The molecule has 1 aromatic rings. The van der Waals surface area contributed by atoms with E-state index >= 15 is 0 Å². The minimum absolute atomic E-state index is 0.0393. The fourth-order valence-electron chi connectivity index (χ4n) is 1.52. The number of amides is 1. The molecule has 1 aromatic carbocycles. The summed E-state index contributed by atoms with van der Waals surface area (Å²) in [5, 5.41) is 6.08. The number of nitrogens with one attached hydrogen (secondary N) is 2. The first-order valence-corrected chi connectivity index (χ1v) is 7.41. The maximum atomic E-state index is 10.9. The second-order valence-electron chi connectivity index (χ2n) is 4.15. The van der Waals surface area contributed by atoms with Crippen molar-refractivity contribution < 1.29 is 9.53 Å². The van der Waals surface area contributed by atoms with E-state index < -0.39 is 0 Å². The average Bonchev–Trinajstić information content (AvgIpc) is 2.39. The SMILES string of the molecule is COCCNCCCSc1ccc(NC(C)=O)cc1. The highest BCUT2D eigenvalue weighted by molar-refractivity contribution is 7.99. The molecule has 0 saturated heterocycles. The highest BCUT2D eigenvalue weighted by Gasteiger charge is 1.97. The van der Waals surface area contributed by atoms with Crippen molar-refractivity contribution in [1.29, 1.82) is 0 Å². The Hall–Kier alpha value is -1.04. The highest BCUT2D eigenvalue weighted by atomic mass is 32.2. The summed E-state index contributed by atoms with van der Waals surface area (Å²) in [6, 6.07) is 7.93. The predicted molar refractivity (Wildman–Crippen MR) is 80.8 cm³/mol. The lowest BCUT2D eigenvalue weighted by Gasteiger charge is -2.05. The summed E-state index contributed by atoms with van der Waals surface area (Å²) in [5.74, 6) is 1.04. The van der Waals surface area contributed by atoms with Gasteiger partial charge in [0.25, 0.3) is 0 Å². The summed E-state index contributed by atoms with van der Waals surface area (Å²) in [6.45, 7) is 4.20. The number of methoxy groups -OCH3 is 1. The van der Waals surface area contributed by atoms with Gasteiger partial charge in [0.15, 0.2) is 0 Å². The van der Waals surface area contributed by atoms with Gasteiger partial charge in [-0.2, -0.15) is 0 Å². The molecule has 5 heteroatoms. The van der Waals surface area contributed by atoms with Crippen LogP contribution in [0, 0.1) is 0 Å². The summed E-state index contributed by atoms with van der Waals surface area (Å²) >= 11 is 1.83. The number of benzene rings is 1. The second-order valence-corrected chi connectivity index (χ2v) is 5.32. The molecule has 0 saturated carbocycles. The Bertz CT molecular complexity index is 368. The molecule has 106 valence electrons. The van der Waals surface area contributed by atoms with Gasteiger partial charge in [-0.05, 0) is 43.0 Å². The molecule has 0 fully saturated rings. The van der Waals surface area contributed by atoms with E-state index in [9.17, 15) is 4.79 Å². The molecule has 0 aliphatic heterocycles. The van der Waals surface area contributed by atoms with Crippen LogP contribution in [-0.4, -0.2) is 38.5 Å². The molecule has 0 aliphatic rings. The lowest BCUT2D eigenvalue weighted by molar-refractivity contribution is -0.114. The summed E-state index contributed by atoms with van der Waals surface area (Å²) < 4.78 is 4.96. The van der Waals surface area contributed by atoms with E-state index in [2.05, 4.69) is 10.6 Å². The minimum atomic E-state index is -0.0393. The van der Waals surface area contributed by atoms with Crippen molar-refractivity contribution >= 4 is 23.4 Å². The van der Waals surface area contributed by atoms with Crippen molar-refractivity contribution in [2.24, 2.45) is 0 Å². The normalized spacial score (nSPS) is 10.4. The fourth-order valence-corrected chi connectivity index (χ4v) is 2.38. The van der Waals surface area contributed by atoms with E-state index in [-0.39, 0.29) is 5.91 Å². The lowest BCUT2D eigenvalue weighted by atomic mass is 10.3. The topological polar surface area (TPSA) is 50.4 Å². The smallest absolute Gasteiger partial charge is 0.221 e. The van der Waals surface area contributed by atoms with E-state index in [0.717, 1.165) is 37.6 Å². The number of carbonyl (C=O) groups is 1. The molecule has 0 heterocycles. The Morgan fingerprint density at radius 2 is 2.00 bits per heavy atom. The van der Waals surface area contributed by atoms with Gasteiger partial charge in [0.2, 0.25) is 5.91 Å². The Morgan fingerprint density at radius 3 is 2.63 bits per heavy atom. The van der Waals surface area contributed by atoms with E-state index in [4.69, 9.17) is 4.74 Å². The molecule has 0 bridgehead atoms. The maximum absolute atomic E-state index is 10.9. The van der Waals surface area contributed by atoms with Gasteiger partial charge in [-0.15, -0.1) is 11.8 Å². The maximum Gasteiger partial charge on any atom is 0.221 e. The van der Waals surface area contributed by atoms with Crippen molar-refractivity contribution in [1.82, 2.24) is 5.32 Å². The van der Waals surface area contributed by atoms with Crippen LogP contribution < -0.4 is 10.6 Å². The average molecular weight is 282 g/mol. The van der Waals surface area contributed by atoms with Crippen LogP contribution in [0.25, 0.3) is 0 Å². The van der Waals surface area contributed by atoms with E-state index in [1.54, 1.807) is 7.11 Å². The second kappa shape index (κ2) is 9.83. The molecule has 0 radical (unpaired) electrons. The summed E-state index contributed by atoms with van der Waals surface area (Å²) in [7, 11) is 1.71. The first kappa shape index (κ1) is 16.0. The van der Waals surface area contributed by atoms with Gasteiger partial charge in [0, 0.05) is 31.2 Å². The molecule has 19 heavy (non-hydrogen) atoms. The van der Waals surface area contributed by atoms with Crippen molar-refractivity contribution in [3.05, 3.63) is 24.3 Å². The molecule has 1 rings (SSSR count). The van der Waals surface area contributed by atoms with Crippen molar-refractivity contribution in [3.63, 3.8) is 0 Å². The molecule has 0 atom stereocenters. The minimum Gasteiger partial charge on any atom is -0.383 e. The standard InChI is InChI=1S/C14H22N2O2S/c1-12(17)16-13-4-6-14(7-5-13)19-11-3-8-15-9-10-18-2/h4-7,15H,3,8-11H2,1-2H3,(H,16,17). The Kier molecular flexibility index (Phi) is 8.29. The lowest BCUT2D eigenvalue weighted by Crippen LogP contribution is -2.20. The first-order valence-electron chi connectivity index (χ1n) is 6.42. The zero-order valence-corrected chi connectivity index (χ0v) is 12.4. The first-order chi connectivity index (χ1) is 9.22. The monoisotopic (exact) mass is 282 g/mol. The van der Waals surface area contributed by atoms with Crippen LogP contribution in [0.1, 0.15) is 13.3 Å². The third-order valence-electron chi connectivity index (χ3n) is 2.42. The van der Waals surface area contributed by atoms with Crippen LogP contribution in [-0.2, 0) is 9.53 Å². The summed E-state index contributed by atoms with van der Waals surface area (Å²) in [5.41, 5.74) is 0.845. The molecule has 0 spiro atoms. The third-order valence-corrected chi connectivity index (χ3v) is 3.52. The molecular weight excluding hydrogens is 260 g/mol. The van der Waals surface area contributed by atoms with Gasteiger partial charge >= 0.3 is 0 Å². The quantitative estimate of drug-likeness (QED) is 0.539. The van der Waals surface area contributed by atoms with Gasteiger partial charge in [0.1, 0.15) is 0 Å². The molecule has 2 N–H and O–H groups in total. The molecule has 4 nitrogen and oxygen atoms in total. The molecule has 0 aromatic heterocycles. The van der Waals surface area contributed by atoms with Crippen molar-refractivity contribution in [2.75, 3.05) is 37.9 Å². The van der Waals surface area contributed by atoms with E-state index in [1.165, 1.54) is 11.8 Å². The Balaban J connectivity index is 2.14. The van der Waals surface area contributed by atoms with Gasteiger partial charge in [-0.25, -0.2) is 0 Å². The molecular formula is C14H22N2O2S. The number of carbonyl (C=O) groups excluding carboxylic acids is 1. The van der Waals surface area contributed by atoms with Gasteiger partial charge in [-0.1, -0.05) is 0 Å². The number of hydrogen-bond acceptors (Lipinski definition) is 4. The Labute approximate surface area is 119 Å². The number of ether oxygens (including phenoxy) is 1. The van der Waals surface area contributed by atoms with Crippen LogP contribution in [0.2, 0.25) is 0 Å². The van der Waals surface area contributed by atoms with Crippen LogP contribution in [0.15, 0.2) is 29.2 Å². The highest BCUT2D eigenvalue weighted by Crippen LogP contribution is 2.20. The zero-order chi connectivity index (χ0) is 13.9. The van der Waals surface area contributed by atoms with Crippen LogP contribution in [0.3, 0.4) is 0 Å². The summed E-state index contributed by atoms with van der Waals surface area (Å²) in [6.07, 6.45) is 1.13. The van der Waals surface area contributed by atoms with E-state index in [0.29, 0.717) is 0 Å². The predicted octanol–water partition coefficient (Wildman–Crippen LogP) is 2.36. The van der Waals surface area contributed by atoms with Gasteiger partial charge in [-0.3, -0.25) is 4.79 Å². The van der Waals surface area contributed by atoms with E-state index in [1.807, 2.05) is 36.0 Å². The number of rotatable bonds is 9. The van der Waals surface area contributed by atoms with Crippen molar-refractivity contribution in [3.8, 4) is 0 Å². The molecule has 0 aliphatic carbocycles. The molecule has 1 amide bonds. The largest absolute Gasteiger partial charge is 0.383 e. The fraction of sp³-hybridized carbons (Fsp3) is 0.500. The van der Waals surface area contributed by atoms with Crippen LogP contribution in [0.5, 0.6) is 0 Å².